The van der Waals surface area contributed by atoms with E-state index >= 15 is 0 Å². The smallest absolute Gasteiger partial charge is 0.387 e. The number of alkyl halides is 2. The summed E-state index contributed by atoms with van der Waals surface area (Å²) in [5, 5.41) is 3.72. The summed E-state index contributed by atoms with van der Waals surface area (Å²) in [7, 11) is 2.87. The van der Waals surface area contributed by atoms with Crippen molar-refractivity contribution in [2.75, 3.05) is 20.8 Å². The van der Waals surface area contributed by atoms with Crippen molar-refractivity contribution in [1.29, 1.82) is 0 Å². The molecule has 2 aromatic rings. The lowest BCUT2D eigenvalue weighted by atomic mass is 10.2. The number of amides is 1. The molecule has 1 N–H and O–H groups in total. The number of para-hydroxylation sites is 1. The fraction of sp³-hybridized carbons (Fsp3) is 0.222. The van der Waals surface area contributed by atoms with Crippen LogP contribution in [0.4, 0.5) is 8.78 Å². The minimum atomic E-state index is -3.03. The lowest BCUT2D eigenvalue weighted by Crippen LogP contribution is -2.24. The number of carbonyl (C=O) groups excluding carboxylic acids is 1. The average molecular weight is 380 g/mol. The van der Waals surface area contributed by atoms with Crippen molar-refractivity contribution in [1.82, 2.24) is 5.43 Å². The molecule has 0 aromatic heterocycles. The van der Waals surface area contributed by atoms with E-state index < -0.39 is 12.5 Å². The molecule has 0 radical (unpaired) electrons. The molecule has 0 aliphatic carbocycles. The second-order valence-corrected chi connectivity index (χ2v) is 5.01. The van der Waals surface area contributed by atoms with E-state index in [2.05, 4.69) is 15.3 Å². The van der Waals surface area contributed by atoms with Gasteiger partial charge < -0.3 is 18.9 Å². The van der Waals surface area contributed by atoms with Crippen LogP contribution in [0.2, 0.25) is 0 Å². The highest BCUT2D eigenvalue weighted by molar-refractivity contribution is 5.86. The van der Waals surface area contributed by atoms with Gasteiger partial charge in [-0.3, -0.25) is 4.79 Å². The van der Waals surface area contributed by atoms with E-state index in [1.165, 1.54) is 25.5 Å². The highest BCUT2D eigenvalue weighted by Crippen LogP contribution is 2.31. The van der Waals surface area contributed by atoms with E-state index in [0.29, 0.717) is 11.5 Å². The molecule has 1 amide bonds. The molecule has 0 saturated heterocycles. The van der Waals surface area contributed by atoms with Gasteiger partial charge >= 0.3 is 6.61 Å². The van der Waals surface area contributed by atoms with Gasteiger partial charge in [0, 0.05) is 5.56 Å². The van der Waals surface area contributed by atoms with Gasteiger partial charge in [-0.05, 0) is 36.4 Å². The van der Waals surface area contributed by atoms with Crippen LogP contribution in [0.3, 0.4) is 0 Å². The van der Waals surface area contributed by atoms with Crippen LogP contribution in [0.5, 0.6) is 23.0 Å². The highest BCUT2D eigenvalue weighted by Gasteiger charge is 2.14. The van der Waals surface area contributed by atoms with Gasteiger partial charge in [-0.1, -0.05) is 6.07 Å². The van der Waals surface area contributed by atoms with E-state index in [1.54, 1.807) is 37.4 Å². The minimum absolute atomic E-state index is 0.119. The van der Waals surface area contributed by atoms with Gasteiger partial charge in [0.25, 0.3) is 5.91 Å². The molecular formula is C18H18F2N2O5. The van der Waals surface area contributed by atoms with Gasteiger partial charge in [-0.25, -0.2) is 5.43 Å². The number of nitrogens with zero attached hydrogens (tertiary/aromatic N) is 1. The molecule has 0 spiro atoms. The SMILES string of the molecule is COc1ccc(OCC(=O)N/N=C\c2cccc(OC)c2OC(F)F)cc1. The molecule has 0 saturated carbocycles. The Labute approximate surface area is 154 Å². The molecule has 0 heterocycles. The number of carbonyl (C=O) groups is 1. The first-order valence-electron chi connectivity index (χ1n) is 7.74. The van der Waals surface area contributed by atoms with Crippen molar-refractivity contribution in [3.8, 4) is 23.0 Å². The maximum atomic E-state index is 12.6. The Morgan fingerprint density at radius 3 is 2.44 bits per heavy atom. The third-order valence-corrected chi connectivity index (χ3v) is 3.26. The zero-order valence-corrected chi connectivity index (χ0v) is 14.6. The molecule has 0 atom stereocenters. The van der Waals surface area contributed by atoms with Crippen molar-refractivity contribution >= 4 is 12.1 Å². The molecule has 27 heavy (non-hydrogen) atoms. The second-order valence-electron chi connectivity index (χ2n) is 5.01. The summed E-state index contributed by atoms with van der Waals surface area (Å²) >= 11 is 0. The fourth-order valence-electron chi connectivity index (χ4n) is 2.04. The molecule has 2 aromatic carbocycles. The summed E-state index contributed by atoms with van der Waals surface area (Å²) in [6.45, 7) is -3.30. The van der Waals surface area contributed by atoms with Gasteiger partial charge in [0.1, 0.15) is 11.5 Å². The van der Waals surface area contributed by atoms with E-state index in [4.69, 9.17) is 14.2 Å². The van der Waals surface area contributed by atoms with Crippen molar-refractivity contribution in [3.05, 3.63) is 48.0 Å². The van der Waals surface area contributed by atoms with Crippen LogP contribution in [0.25, 0.3) is 0 Å². The topological polar surface area (TPSA) is 78.4 Å². The number of rotatable bonds is 9. The lowest BCUT2D eigenvalue weighted by molar-refractivity contribution is -0.123. The lowest BCUT2D eigenvalue weighted by Gasteiger charge is -2.12. The number of benzene rings is 2. The zero-order chi connectivity index (χ0) is 19.6. The number of nitrogens with one attached hydrogen (secondary N) is 1. The summed E-state index contributed by atoms with van der Waals surface area (Å²) in [6.07, 6.45) is 1.17. The normalized spacial score (nSPS) is 10.7. The third-order valence-electron chi connectivity index (χ3n) is 3.26. The predicted molar refractivity (Wildman–Crippen MR) is 93.9 cm³/mol. The van der Waals surface area contributed by atoms with E-state index in [1.807, 2.05) is 0 Å². The first-order valence-corrected chi connectivity index (χ1v) is 7.74. The van der Waals surface area contributed by atoms with Gasteiger partial charge in [-0.15, -0.1) is 0 Å². The van der Waals surface area contributed by atoms with Crippen molar-refractivity contribution < 1.29 is 32.5 Å². The number of methoxy groups -OCH3 is 2. The second kappa shape index (κ2) is 9.95. The quantitative estimate of drug-likeness (QED) is 0.535. The van der Waals surface area contributed by atoms with E-state index in [0.717, 1.165) is 0 Å². The fourth-order valence-corrected chi connectivity index (χ4v) is 2.04. The molecule has 9 heteroatoms. The first kappa shape index (κ1) is 20.0. The zero-order valence-electron chi connectivity index (χ0n) is 14.6. The molecule has 2 rings (SSSR count). The van der Waals surface area contributed by atoms with Crippen LogP contribution in [-0.2, 0) is 4.79 Å². The molecule has 0 aliphatic heterocycles. The number of hydrogen-bond donors (Lipinski definition) is 1. The molecule has 0 bridgehead atoms. The predicted octanol–water partition coefficient (Wildman–Crippen LogP) is 2.83. The molecule has 0 aliphatic rings. The van der Waals surface area contributed by atoms with Crippen LogP contribution in [0.1, 0.15) is 5.56 Å². The Morgan fingerprint density at radius 1 is 1.11 bits per heavy atom. The summed E-state index contributed by atoms with van der Waals surface area (Å²) in [6, 6.07) is 11.2. The van der Waals surface area contributed by atoms with Crippen molar-refractivity contribution in [2.45, 2.75) is 6.61 Å². The summed E-state index contributed by atoms with van der Waals surface area (Å²) < 4.78 is 44.9. The Morgan fingerprint density at radius 2 is 1.81 bits per heavy atom. The van der Waals surface area contributed by atoms with Gasteiger partial charge in [-0.2, -0.15) is 13.9 Å². The van der Waals surface area contributed by atoms with Crippen LogP contribution < -0.4 is 24.4 Å². The van der Waals surface area contributed by atoms with Crippen LogP contribution in [0, 0.1) is 0 Å². The Bertz CT molecular complexity index is 782. The van der Waals surface area contributed by atoms with Crippen LogP contribution in [-0.4, -0.2) is 39.6 Å². The molecule has 0 fully saturated rings. The van der Waals surface area contributed by atoms with Gasteiger partial charge in [0.15, 0.2) is 18.1 Å². The van der Waals surface area contributed by atoms with Crippen LogP contribution >= 0.6 is 0 Å². The van der Waals surface area contributed by atoms with Crippen LogP contribution in [0.15, 0.2) is 47.6 Å². The van der Waals surface area contributed by atoms with Crippen molar-refractivity contribution in [2.24, 2.45) is 5.10 Å². The average Bonchev–Trinajstić information content (AvgIpc) is 2.67. The third kappa shape index (κ3) is 6.14. The Kier molecular flexibility index (Phi) is 7.36. The van der Waals surface area contributed by atoms with E-state index in [-0.39, 0.29) is 23.7 Å². The highest BCUT2D eigenvalue weighted by atomic mass is 19.3. The van der Waals surface area contributed by atoms with Gasteiger partial charge in [0.2, 0.25) is 0 Å². The summed E-state index contributed by atoms with van der Waals surface area (Å²) in [5.74, 6) is 0.559. The maximum absolute atomic E-state index is 12.6. The number of hydrazone groups is 1. The molecule has 144 valence electrons. The molecule has 0 unspecified atom stereocenters. The number of halogens is 2. The summed E-state index contributed by atoms with van der Waals surface area (Å²) in [4.78, 5) is 11.8. The largest absolute Gasteiger partial charge is 0.497 e. The molecular weight excluding hydrogens is 362 g/mol. The standard InChI is InChI=1S/C18H18F2N2O5/c1-24-13-6-8-14(9-7-13)26-11-16(23)22-21-10-12-4-3-5-15(25-2)17(12)27-18(19)20/h3-10,18H,11H2,1-2H3,(H,22,23)/b21-10-. The minimum Gasteiger partial charge on any atom is -0.497 e. The van der Waals surface area contributed by atoms with Gasteiger partial charge in [0.05, 0.1) is 20.4 Å². The number of hydrogen-bond acceptors (Lipinski definition) is 6. The summed E-state index contributed by atoms with van der Waals surface area (Å²) in [5.41, 5.74) is 2.45. The first-order chi connectivity index (χ1) is 13.0. The monoisotopic (exact) mass is 380 g/mol. The van der Waals surface area contributed by atoms with E-state index in [9.17, 15) is 13.6 Å². The number of ether oxygens (including phenoxy) is 4. The Hall–Kier alpha value is -3.36. The maximum Gasteiger partial charge on any atom is 0.387 e. The molecule has 7 nitrogen and oxygen atoms in total. The Balaban J connectivity index is 1.93. The van der Waals surface area contributed by atoms with Crippen molar-refractivity contribution in [3.63, 3.8) is 0 Å².